The van der Waals surface area contributed by atoms with Gasteiger partial charge in [0.2, 0.25) is 5.91 Å². The topological polar surface area (TPSA) is 87.4 Å². The summed E-state index contributed by atoms with van der Waals surface area (Å²) in [5.74, 6) is 0.757. The van der Waals surface area contributed by atoms with E-state index in [4.69, 9.17) is 27.9 Å². The van der Waals surface area contributed by atoms with Gasteiger partial charge in [0.25, 0.3) is 0 Å². The predicted octanol–water partition coefficient (Wildman–Crippen LogP) is 7.45. The molecule has 1 aliphatic rings. The largest absolute Gasteiger partial charge is 0.508 e. The molecule has 0 spiro atoms. The fourth-order valence-corrected chi connectivity index (χ4v) is 5.45. The van der Waals surface area contributed by atoms with Crippen molar-refractivity contribution < 1.29 is 14.6 Å². The lowest BCUT2D eigenvalue weighted by molar-refractivity contribution is -0.115. The lowest BCUT2D eigenvalue weighted by Crippen LogP contribution is -2.28. The van der Waals surface area contributed by atoms with Gasteiger partial charge in [0.05, 0.1) is 29.1 Å². The van der Waals surface area contributed by atoms with E-state index in [9.17, 15) is 9.90 Å². The van der Waals surface area contributed by atoms with Crippen molar-refractivity contribution in [1.29, 1.82) is 0 Å². The number of ether oxygens (including phenoxy) is 1. The zero-order valence-corrected chi connectivity index (χ0v) is 20.7. The minimum atomic E-state index is -0.468. The van der Waals surface area contributed by atoms with Crippen LogP contribution in [-0.2, 0) is 4.79 Å². The number of rotatable bonds is 5. The summed E-state index contributed by atoms with van der Waals surface area (Å²) in [6.45, 7) is 0. The molecule has 1 atom stereocenters. The number of methoxy groups -OCH3 is 1. The van der Waals surface area contributed by atoms with Crippen LogP contribution in [0.25, 0.3) is 10.9 Å². The normalized spacial score (nSPS) is 15.9. The second-order valence-corrected chi connectivity index (χ2v) is 9.51. The van der Waals surface area contributed by atoms with Crippen molar-refractivity contribution in [2.45, 2.75) is 5.37 Å². The Morgan fingerprint density at radius 3 is 2.66 bits per heavy atom. The lowest BCUT2D eigenvalue weighted by Gasteiger charge is -2.26. The number of fused-ring (bicyclic) bond motifs is 1. The van der Waals surface area contributed by atoms with Gasteiger partial charge in [-0.1, -0.05) is 35.3 Å². The predicted molar refractivity (Wildman–Crippen MR) is 140 cm³/mol. The summed E-state index contributed by atoms with van der Waals surface area (Å²) < 4.78 is 5.28. The molecule has 1 fully saturated rings. The maximum absolute atomic E-state index is 13.1. The highest BCUT2D eigenvalue weighted by Crippen LogP contribution is 2.48. The van der Waals surface area contributed by atoms with Crippen molar-refractivity contribution in [2.24, 2.45) is 10.2 Å². The summed E-state index contributed by atoms with van der Waals surface area (Å²) >= 11 is 14.2. The minimum absolute atomic E-state index is 0.00466. The number of aromatic hydroxyl groups is 1. The number of pyridine rings is 1. The molecular formula is C25H18Cl2N4O3S. The van der Waals surface area contributed by atoms with Crippen LogP contribution in [-0.4, -0.2) is 28.9 Å². The molecule has 1 aliphatic heterocycles. The van der Waals surface area contributed by atoms with Gasteiger partial charge < -0.3 is 9.84 Å². The highest BCUT2D eigenvalue weighted by atomic mass is 35.5. The Morgan fingerprint density at radius 1 is 1.06 bits per heavy atom. The van der Waals surface area contributed by atoms with Gasteiger partial charge in [-0.3, -0.25) is 9.69 Å². The Morgan fingerprint density at radius 2 is 1.86 bits per heavy atom. The standard InChI is InChI=1S/C25H18Cl2N4O3S/c1-34-16-8-6-14-10-17(24(27)28-21(14)12-16)25-31(23(33)13-35-25)22-11-15(32)7-9-20(22)30-29-19-5-3-2-4-18(19)26/h2-12,25,32H,13H2,1H3. The third-order valence-electron chi connectivity index (χ3n) is 5.48. The van der Waals surface area contributed by atoms with Gasteiger partial charge >= 0.3 is 0 Å². The molecule has 0 saturated carbocycles. The van der Waals surface area contributed by atoms with E-state index in [1.807, 2.05) is 18.2 Å². The number of hydrogen-bond donors (Lipinski definition) is 1. The SMILES string of the molecule is COc1ccc2cc(C3SCC(=O)N3c3cc(O)ccc3N=Nc3ccccc3Cl)c(Cl)nc2c1. The summed E-state index contributed by atoms with van der Waals surface area (Å²) in [5.41, 5.74) is 2.66. The quantitative estimate of drug-likeness (QED) is 0.216. The summed E-state index contributed by atoms with van der Waals surface area (Å²) in [5, 5.41) is 19.9. The van der Waals surface area contributed by atoms with Crippen molar-refractivity contribution in [3.63, 3.8) is 0 Å². The molecule has 3 aromatic carbocycles. The number of aromatic nitrogens is 1. The number of benzene rings is 3. The average Bonchev–Trinajstić information content (AvgIpc) is 3.24. The van der Waals surface area contributed by atoms with Crippen molar-refractivity contribution in [3.05, 3.63) is 82.5 Å². The number of carbonyl (C=O) groups is 1. The summed E-state index contributed by atoms with van der Waals surface area (Å²) in [7, 11) is 1.59. The van der Waals surface area contributed by atoms with Gasteiger partial charge in [0, 0.05) is 23.1 Å². The Balaban J connectivity index is 1.58. The summed E-state index contributed by atoms with van der Waals surface area (Å²) in [6.07, 6.45) is 0. The monoisotopic (exact) mass is 524 g/mol. The first-order valence-corrected chi connectivity index (χ1v) is 12.3. The van der Waals surface area contributed by atoms with Crippen molar-refractivity contribution in [3.8, 4) is 11.5 Å². The second kappa shape index (κ2) is 9.73. The van der Waals surface area contributed by atoms with E-state index >= 15 is 0 Å². The Kier molecular flexibility index (Phi) is 6.51. The van der Waals surface area contributed by atoms with Crippen LogP contribution in [0.4, 0.5) is 17.1 Å². The molecule has 1 saturated heterocycles. The fourth-order valence-electron chi connectivity index (χ4n) is 3.78. The molecule has 1 amide bonds. The van der Waals surface area contributed by atoms with Crippen molar-refractivity contribution in [1.82, 2.24) is 4.98 Å². The van der Waals surface area contributed by atoms with Crippen LogP contribution in [0.5, 0.6) is 11.5 Å². The summed E-state index contributed by atoms with van der Waals surface area (Å²) in [6, 6.07) is 19.1. The van der Waals surface area contributed by atoms with Gasteiger partial charge in [-0.2, -0.15) is 0 Å². The Labute approximate surface area is 215 Å². The van der Waals surface area contributed by atoms with Gasteiger partial charge in [-0.15, -0.1) is 22.0 Å². The number of phenolic OH excluding ortho intramolecular Hbond substituents is 1. The minimum Gasteiger partial charge on any atom is -0.508 e. The number of phenols is 1. The molecule has 35 heavy (non-hydrogen) atoms. The molecule has 0 bridgehead atoms. The zero-order valence-electron chi connectivity index (χ0n) is 18.4. The third-order valence-corrected chi connectivity index (χ3v) is 7.29. The molecule has 0 radical (unpaired) electrons. The molecule has 0 aliphatic carbocycles. The van der Waals surface area contributed by atoms with Gasteiger partial charge in [-0.25, -0.2) is 4.98 Å². The van der Waals surface area contributed by atoms with E-state index in [0.717, 1.165) is 5.39 Å². The average molecular weight is 525 g/mol. The molecule has 1 aromatic heterocycles. The van der Waals surface area contributed by atoms with Crippen LogP contribution in [0.15, 0.2) is 77.0 Å². The van der Waals surface area contributed by atoms with Crippen LogP contribution >= 0.6 is 35.0 Å². The maximum Gasteiger partial charge on any atom is 0.238 e. The molecule has 7 nitrogen and oxygen atoms in total. The molecule has 10 heteroatoms. The number of amides is 1. The first kappa shape index (κ1) is 23.4. The van der Waals surface area contributed by atoms with Crippen LogP contribution in [0.3, 0.4) is 0 Å². The van der Waals surface area contributed by atoms with E-state index in [1.54, 1.807) is 48.4 Å². The molecule has 1 N–H and O–H groups in total. The molecule has 2 heterocycles. The fraction of sp³-hybridized carbons (Fsp3) is 0.120. The third kappa shape index (κ3) is 4.65. The van der Waals surface area contributed by atoms with E-state index < -0.39 is 5.37 Å². The van der Waals surface area contributed by atoms with Gasteiger partial charge in [0.1, 0.15) is 33.4 Å². The van der Waals surface area contributed by atoms with E-state index in [-0.39, 0.29) is 22.6 Å². The number of azo groups is 1. The Hall–Kier alpha value is -3.33. The maximum atomic E-state index is 13.1. The molecule has 176 valence electrons. The van der Waals surface area contributed by atoms with E-state index in [0.29, 0.717) is 38.9 Å². The van der Waals surface area contributed by atoms with Gasteiger partial charge in [-0.05, 0) is 42.5 Å². The van der Waals surface area contributed by atoms with E-state index in [1.165, 1.54) is 23.9 Å². The van der Waals surface area contributed by atoms with Crippen molar-refractivity contribution in [2.75, 3.05) is 17.8 Å². The molecular weight excluding hydrogens is 507 g/mol. The number of thioether (sulfide) groups is 1. The van der Waals surface area contributed by atoms with Crippen LogP contribution < -0.4 is 9.64 Å². The number of hydrogen-bond acceptors (Lipinski definition) is 7. The lowest BCUT2D eigenvalue weighted by atomic mass is 10.1. The molecule has 4 aromatic rings. The van der Waals surface area contributed by atoms with Crippen LogP contribution in [0.2, 0.25) is 10.2 Å². The molecule has 5 rings (SSSR count). The number of anilines is 1. The van der Waals surface area contributed by atoms with Gasteiger partial charge in [0.15, 0.2) is 0 Å². The number of nitrogens with zero attached hydrogens (tertiary/aromatic N) is 4. The van der Waals surface area contributed by atoms with Crippen molar-refractivity contribution >= 4 is 68.8 Å². The highest BCUT2D eigenvalue weighted by Gasteiger charge is 2.37. The van der Waals surface area contributed by atoms with Crippen LogP contribution in [0.1, 0.15) is 10.9 Å². The number of carbonyl (C=O) groups excluding carboxylic acids is 1. The second-order valence-electron chi connectivity index (χ2n) is 7.68. The summed E-state index contributed by atoms with van der Waals surface area (Å²) in [4.78, 5) is 19.2. The van der Waals surface area contributed by atoms with Crippen LogP contribution in [0, 0.1) is 0 Å². The first-order valence-electron chi connectivity index (χ1n) is 10.5. The zero-order chi connectivity index (χ0) is 24.5. The number of halogens is 2. The smallest absolute Gasteiger partial charge is 0.238 e. The highest BCUT2D eigenvalue weighted by molar-refractivity contribution is 8.00. The Bertz CT molecular complexity index is 1480. The first-order chi connectivity index (χ1) is 16.9. The molecule has 1 unspecified atom stereocenters. The van der Waals surface area contributed by atoms with E-state index in [2.05, 4.69) is 15.2 Å².